The molecule has 2 aromatic rings. The molecule has 0 saturated carbocycles. The van der Waals surface area contributed by atoms with Crippen molar-refractivity contribution in [2.24, 2.45) is 4.99 Å². The van der Waals surface area contributed by atoms with Gasteiger partial charge in [-0.05, 0) is 49.1 Å². The Labute approximate surface area is 148 Å². The number of nitrogens with zero attached hydrogens (tertiary/aromatic N) is 2. The number of hydrogen-bond donors (Lipinski definition) is 3. The minimum absolute atomic E-state index is 0.195. The molecule has 0 bridgehead atoms. The fourth-order valence-electron chi connectivity index (χ4n) is 2.38. The minimum atomic E-state index is -0.195. The lowest BCUT2D eigenvalue weighted by Gasteiger charge is -2.12. The molecule has 0 aliphatic carbocycles. The Balaban J connectivity index is 1.54. The first-order chi connectivity index (χ1) is 12.3. The van der Waals surface area contributed by atoms with E-state index in [0.29, 0.717) is 6.54 Å². The number of aliphatic imine (C=N–C) groups is 1. The summed E-state index contributed by atoms with van der Waals surface area (Å²) in [5, 5.41) is 9.82. The zero-order valence-electron chi connectivity index (χ0n) is 14.6. The number of hydrogen-bond acceptors (Lipinski definition) is 3. The quantitative estimate of drug-likeness (QED) is 0.372. The number of benzene rings is 1. The van der Waals surface area contributed by atoms with Crippen LogP contribution in [0.4, 0.5) is 10.2 Å². The summed E-state index contributed by atoms with van der Waals surface area (Å²) in [7, 11) is 1.75. The molecular weight excluding hydrogens is 317 g/mol. The summed E-state index contributed by atoms with van der Waals surface area (Å²) < 4.78 is 13.1. The van der Waals surface area contributed by atoms with E-state index in [0.717, 1.165) is 49.7 Å². The molecule has 25 heavy (non-hydrogen) atoms. The number of unbranched alkanes of at least 4 members (excludes halogenated alkanes) is 1. The Morgan fingerprint density at radius 1 is 1.04 bits per heavy atom. The fraction of sp³-hybridized carbons (Fsp3) is 0.368. The van der Waals surface area contributed by atoms with Crippen molar-refractivity contribution < 1.29 is 4.39 Å². The first-order valence-corrected chi connectivity index (χ1v) is 8.62. The maximum Gasteiger partial charge on any atom is 0.190 e. The average Bonchev–Trinajstić information content (AvgIpc) is 2.64. The fourth-order valence-corrected chi connectivity index (χ4v) is 2.38. The Bertz CT molecular complexity index is 645. The molecule has 1 aromatic heterocycles. The van der Waals surface area contributed by atoms with Gasteiger partial charge in [0.05, 0.1) is 0 Å². The van der Waals surface area contributed by atoms with Gasteiger partial charge >= 0.3 is 0 Å². The number of halogens is 1. The lowest BCUT2D eigenvalue weighted by molar-refractivity contribution is 0.625. The van der Waals surface area contributed by atoms with Gasteiger partial charge in [0.2, 0.25) is 0 Å². The first-order valence-electron chi connectivity index (χ1n) is 8.62. The van der Waals surface area contributed by atoms with E-state index in [4.69, 9.17) is 0 Å². The van der Waals surface area contributed by atoms with Gasteiger partial charge in [-0.2, -0.15) is 0 Å². The Hall–Kier alpha value is -2.63. The summed E-state index contributed by atoms with van der Waals surface area (Å²) in [5.41, 5.74) is 0.976. The number of nitrogens with one attached hydrogen (secondary N) is 3. The van der Waals surface area contributed by atoms with Crippen LogP contribution in [-0.4, -0.2) is 37.6 Å². The van der Waals surface area contributed by atoms with Gasteiger partial charge in [0.1, 0.15) is 11.6 Å². The molecule has 0 fully saturated rings. The lowest BCUT2D eigenvalue weighted by atomic mass is 10.1. The van der Waals surface area contributed by atoms with E-state index in [2.05, 4.69) is 25.9 Å². The second-order valence-electron chi connectivity index (χ2n) is 5.65. The van der Waals surface area contributed by atoms with Crippen molar-refractivity contribution in [2.75, 3.05) is 32.0 Å². The van der Waals surface area contributed by atoms with Crippen molar-refractivity contribution >= 4 is 11.8 Å². The van der Waals surface area contributed by atoms with Crippen molar-refractivity contribution in [3.05, 3.63) is 60.0 Å². The van der Waals surface area contributed by atoms with Crippen LogP contribution < -0.4 is 16.0 Å². The van der Waals surface area contributed by atoms with Crippen molar-refractivity contribution in [2.45, 2.75) is 19.3 Å². The highest BCUT2D eigenvalue weighted by Gasteiger charge is 1.99. The van der Waals surface area contributed by atoms with Crippen LogP contribution >= 0.6 is 0 Å². The molecule has 0 radical (unpaired) electrons. The van der Waals surface area contributed by atoms with E-state index >= 15 is 0 Å². The van der Waals surface area contributed by atoms with Crippen LogP contribution in [0.25, 0.3) is 0 Å². The summed E-state index contributed by atoms with van der Waals surface area (Å²) >= 11 is 0. The maximum atomic E-state index is 13.1. The molecule has 0 spiro atoms. The molecular formula is C19H26FN5. The molecule has 0 aliphatic rings. The third kappa shape index (κ3) is 7.65. The normalized spacial score (nSPS) is 11.2. The third-order valence-corrected chi connectivity index (χ3v) is 3.69. The van der Waals surface area contributed by atoms with Gasteiger partial charge in [-0.1, -0.05) is 18.2 Å². The molecule has 1 aromatic carbocycles. The Morgan fingerprint density at radius 2 is 1.88 bits per heavy atom. The largest absolute Gasteiger partial charge is 0.370 e. The number of guanidine groups is 1. The Kier molecular flexibility index (Phi) is 8.24. The van der Waals surface area contributed by atoms with Gasteiger partial charge < -0.3 is 16.0 Å². The van der Waals surface area contributed by atoms with Crippen molar-refractivity contribution in [3.63, 3.8) is 0 Å². The van der Waals surface area contributed by atoms with E-state index in [9.17, 15) is 4.39 Å². The zero-order chi connectivity index (χ0) is 17.7. The van der Waals surface area contributed by atoms with Crippen LogP contribution in [0.1, 0.15) is 18.4 Å². The topological polar surface area (TPSA) is 61.3 Å². The highest BCUT2D eigenvalue weighted by atomic mass is 19.1. The van der Waals surface area contributed by atoms with Gasteiger partial charge in [-0.15, -0.1) is 0 Å². The van der Waals surface area contributed by atoms with Gasteiger partial charge in [0.15, 0.2) is 5.96 Å². The molecule has 0 atom stereocenters. The van der Waals surface area contributed by atoms with E-state index in [1.54, 1.807) is 25.4 Å². The first kappa shape index (κ1) is 18.7. The van der Waals surface area contributed by atoms with Crippen LogP contribution in [0.15, 0.2) is 53.7 Å². The zero-order valence-corrected chi connectivity index (χ0v) is 14.6. The van der Waals surface area contributed by atoms with Crippen molar-refractivity contribution in [1.29, 1.82) is 0 Å². The molecule has 2 rings (SSSR count). The summed E-state index contributed by atoms with van der Waals surface area (Å²) in [4.78, 5) is 8.42. The second kappa shape index (κ2) is 11.0. The molecule has 3 N–H and O–H groups in total. The standard InChI is InChI=1S/C19H26FN5/c1-21-19(25-14-10-16-7-6-8-17(20)15-16)24-13-5-4-12-23-18-9-2-3-11-22-18/h2-3,6-9,11,15H,4-5,10,12-14H2,1H3,(H,22,23)(H2,21,24,25). The summed E-state index contributed by atoms with van der Waals surface area (Å²) in [5.74, 6) is 1.48. The molecule has 6 heteroatoms. The monoisotopic (exact) mass is 343 g/mol. The molecule has 134 valence electrons. The molecule has 0 unspecified atom stereocenters. The van der Waals surface area contributed by atoms with E-state index in [1.165, 1.54) is 6.07 Å². The SMILES string of the molecule is CN=C(NCCCCNc1ccccn1)NCCc1cccc(F)c1. The molecule has 0 amide bonds. The number of rotatable bonds is 9. The van der Waals surface area contributed by atoms with E-state index < -0.39 is 0 Å². The van der Waals surface area contributed by atoms with E-state index in [1.807, 2.05) is 24.3 Å². The maximum absolute atomic E-state index is 13.1. The Morgan fingerprint density at radius 3 is 2.64 bits per heavy atom. The predicted molar refractivity (Wildman–Crippen MR) is 101 cm³/mol. The van der Waals surface area contributed by atoms with Crippen molar-refractivity contribution in [1.82, 2.24) is 15.6 Å². The van der Waals surface area contributed by atoms with Crippen LogP contribution in [0, 0.1) is 5.82 Å². The number of aromatic nitrogens is 1. The van der Waals surface area contributed by atoms with E-state index in [-0.39, 0.29) is 5.82 Å². The molecule has 0 aliphatic heterocycles. The van der Waals surface area contributed by atoms with Crippen LogP contribution in [0.2, 0.25) is 0 Å². The third-order valence-electron chi connectivity index (χ3n) is 3.69. The summed E-state index contributed by atoms with van der Waals surface area (Å²) in [6.07, 6.45) is 4.62. The molecule has 5 nitrogen and oxygen atoms in total. The smallest absolute Gasteiger partial charge is 0.190 e. The highest BCUT2D eigenvalue weighted by molar-refractivity contribution is 5.79. The minimum Gasteiger partial charge on any atom is -0.370 e. The van der Waals surface area contributed by atoms with Gasteiger partial charge in [-0.3, -0.25) is 4.99 Å². The summed E-state index contributed by atoms with van der Waals surface area (Å²) in [6.45, 7) is 2.46. The number of anilines is 1. The lowest BCUT2D eigenvalue weighted by Crippen LogP contribution is -2.38. The van der Waals surface area contributed by atoms with Crippen LogP contribution in [0.5, 0.6) is 0 Å². The van der Waals surface area contributed by atoms with Crippen LogP contribution in [-0.2, 0) is 6.42 Å². The van der Waals surface area contributed by atoms with Crippen molar-refractivity contribution in [3.8, 4) is 0 Å². The number of pyridine rings is 1. The van der Waals surface area contributed by atoms with Gasteiger partial charge in [-0.25, -0.2) is 9.37 Å². The molecule has 0 saturated heterocycles. The van der Waals surface area contributed by atoms with Crippen LogP contribution in [0.3, 0.4) is 0 Å². The average molecular weight is 343 g/mol. The summed E-state index contributed by atoms with van der Waals surface area (Å²) in [6, 6.07) is 12.5. The highest BCUT2D eigenvalue weighted by Crippen LogP contribution is 2.03. The molecule has 1 heterocycles. The van der Waals surface area contributed by atoms with Gasteiger partial charge in [0.25, 0.3) is 0 Å². The van der Waals surface area contributed by atoms with Gasteiger partial charge in [0, 0.05) is 32.9 Å². The second-order valence-corrected chi connectivity index (χ2v) is 5.65. The predicted octanol–water partition coefficient (Wildman–Crippen LogP) is 2.82.